The molecular weight excluding hydrogens is 170 g/mol. The van der Waals surface area contributed by atoms with Crippen LogP contribution < -0.4 is 10.6 Å². The van der Waals surface area contributed by atoms with Crippen LogP contribution in [0.5, 0.6) is 0 Å². The van der Waals surface area contributed by atoms with Crippen LogP contribution in [0, 0.1) is 17.2 Å². The first kappa shape index (κ1) is 11.4. The zero-order valence-electron chi connectivity index (χ0n) is 7.76. The third-order valence-electron chi connectivity index (χ3n) is 1.58. The van der Waals surface area contributed by atoms with E-state index in [4.69, 9.17) is 5.26 Å². The fourth-order valence-electron chi connectivity index (χ4n) is 0.714. The van der Waals surface area contributed by atoms with Crippen LogP contribution in [0.25, 0.3) is 0 Å². The summed E-state index contributed by atoms with van der Waals surface area (Å²) in [5.41, 5.74) is 0. The summed E-state index contributed by atoms with van der Waals surface area (Å²) >= 11 is 0. The average molecular weight is 183 g/mol. The van der Waals surface area contributed by atoms with Crippen LogP contribution in [0.4, 0.5) is 0 Å². The minimum Gasteiger partial charge on any atom is -0.358 e. The van der Waals surface area contributed by atoms with E-state index in [-0.39, 0.29) is 12.5 Å². The van der Waals surface area contributed by atoms with E-state index in [1.54, 1.807) is 6.92 Å². The van der Waals surface area contributed by atoms with Gasteiger partial charge in [-0.15, -0.1) is 0 Å². The number of carbonyl (C=O) groups excluding carboxylic acids is 2. The van der Waals surface area contributed by atoms with Crippen LogP contribution in [0.1, 0.15) is 13.3 Å². The van der Waals surface area contributed by atoms with Gasteiger partial charge in [-0.25, -0.2) is 0 Å². The SMILES string of the molecule is CCC(C#N)C(=O)NCC(=O)NC. The first-order valence-corrected chi connectivity index (χ1v) is 4.03. The lowest BCUT2D eigenvalue weighted by Gasteiger charge is -2.06. The maximum absolute atomic E-state index is 11.1. The molecule has 0 aromatic rings. The predicted octanol–water partition coefficient (Wildman–Crippen LogP) is -0.602. The summed E-state index contributed by atoms with van der Waals surface area (Å²) in [5, 5.41) is 13.2. The van der Waals surface area contributed by atoms with E-state index in [1.165, 1.54) is 7.05 Å². The first-order valence-electron chi connectivity index (χ1n) is 4.03. The summed E-state index contributed by atoms with van der Waals surface area (Å²) in [6.07, 6.45) is 0.454. The number of carbonyl (C=O) groups is 2. The quantitative estimate of drug-likeness (QED) is 0.610. The monoisotopic (exact) mass is 183 g/mol. The number of nitrogens with one attached hydrogen (secondary N) is 2. The number of nitriles is 1. The Hall–Kier alpha value is -1.57. The van der Waals surface area contributed by atoms with Gasteiger partial charge in [0.25, 0.3) is 0 Å². The highest BCUT2D eigenvalue weighted by Crippen LogP contribution is 1.98. The van der Waals surface area contributed by atoms with Crippen LogP contribution in [0.15, 0.2) is 0 Å². The van der Waals surface area contributed by atoms with Crippen molar-refractivity contribution in [3.63, 3.8) is 0 Å². The third kappa shape index (κ3) is 4.11. The summed E-state index contributed by atoms with van der Waals surface area (Å²) < 4.78 is 0. The largest absolute Gasteiger partial charge is 0.358 e. The van der Waals surface area contributed by atoms with Crippen molar-refractivity contribution in [1.82, 2.24) is 10.6 Å². The Bertz CT molecular complexity index is 232. The van der Waals surface area contributed by atoms with Gasteiger partial charge in [0.15, 0.2) is 0 Å². The minimum atomic E-state index is -0.662. The van der Waals surface area contributed by atoms with Gasteiger partial charge in [0.2, 0.25) is 11.8 Å². The minimum absolute atomic E-state index is 0.0759. The molecule has 5 heteroatoms. The average Bonchev–Trinajstić information content (AvgIpc) is 2.16. The second kappa shape index (κ2) is 6.00. The highest BCUT2D eigenvalue weighted by molar-refractivity contribution is 5.86. The zero-order chi connectivity index (χ0) is 10.3. The van der Waals surface area contributed by atoms with Crippen LogP contribution in [0.2, 0.25) is 0 Å². The first-order chi connectivity index (χ1) is 6.15. The van der Waals surface area contributed by atoms with Crippen molar-refractivity contribution < 1.29 is 9.59 Å². The molecule has 0 aliphatic rings. The van der Waals surface area contributed by atoms with Crippen molar-refractivity contribution >= 4 is 11.8 Å². The lowest BCUT2D eigenvalue weighted by Crippen LogP contribution is -2.37. The molecule has 1 atom stereocenters. The van der Waals surface area contributed by atoms with Gasteiger partial charge in [0.05, 0.1) is 12.6 Å². The summed E-state index contributed by atoms with van der Waals surface area (Å²) in [6.45, 7) is 1.67. The number of likely N-dealkylation sites (N-methyl/N-ethyl adjacent to an activating group) is 1. The molecule has 13 heavy (non-hydrogen) atoms. The van der Waals surface area contributed by atoms with Crippen molar-refractivity contribution in [2.45, 2.75) is 13.3 Å². The second-order valence-corrected chi connectivity index (χ2v) is 2.48. The van der Waals surface area contributed by atoms with Crippen molar-refractivity contribution in [1.29, 1.82) is 5.26 Å². The number of rotatable bonds is 4. The van der Waals surface area contributed by atoms with E-state index in [0.29, 0.717) is 6.42 Å². The van der Waals surface area contributed by atoms with Gasteiger partial charge in [0, 0.05) is 7.05 Å². The molecule has 2 N–H and O–H groups in total. The lowest BCUT2D eigenvalue weighted by molar-refractivity contribution is -0.127. The molecule has 0 radical (unpaired) electrons. The van der Waals surface area contributed by atoms with Gasteiger partial charge in [-0.3, -0.25) is 9.59 Å². The van der Waals surface area contributed by atoms with Crippen LogP contribution in [-0.2, 0) is 9.59 Å². The molecule has 0 aliphatic carbocycles. The highest BCUT2D eigenvalue weighted by atomic mass is 16.2. The normalized spacial score (nSPS) is 11.2. The molecule has 5 nitrogen and oxygen atoms in total. The van der Waals surface area contributed by atoms with Gasteiger partial charge >= 0.3 is 0 Å². The number of hydrogen-bond acceptors (Lipinski definition) is 3. The van der Waals surface area contributed by atoms with Gasteiger partial charge in [-0.2, -0.15) is 5.26 Å². The van der Waals surface area contributed by atoms with E-state index in [0.717, 1.165) is 0 Å². The maximum Gasteiger partial charge on any atom is 0.239 e. The molecule has 0 aromatic heterocycles. The third-order valence-corrected chi connectivity index (χ3v) is 1.58. The smallest absolute Gasteiger partial charge is 0.239 e. The molecule has 0 saturated carbocycles. The van der Waals surface area contributed by atoms with Gasteiger partial charge in [-0.1, -0.05) is 6.92 Å². The number of hydrogen-bond donors (Lipinski definition) is 2. The Kier molecular flexibility index (Phi) is 5.28. The Morgan fingerprint density at radius 3 is 2.54 bits per heavy atom. The Labute approximate surface area is 77.1 Å². The molecule has 0 bridgehead atoms. The fourth-order valence-corrected chi connectivity index (χ4v) is 0.714. The van der Waals surface area contributed by atoms with E-state index in [2.05, 4.69) is 10.6 Å². The molecule has 0 heterocycles. The van der Waals surface area contributed by atoms with E-state index in [9.17, 15) is 9.59 Å². The molecule has 0 fully saturated rings. The maximum atomic E-state index is 11.1. The van der Waals surface area contributed by atoms with E-state index in [1.807, 2.05) is 6.07 Å². The summed E-state index contributed by atoms with van der Waals surface area (Å²) in [6, 6.07) is 1.85. The van der Waals surface area contributed by atoms with Crippen LogP contribution >= 0.6 is 0 Å². The molecule has 1 unspecified atom stereocenters. The fraction of sp³-hybridized carbons (Fsp3) is 0.625. The predicted molar refractivity (Wildman–Crippen MR) is 46.5 cm³/mol. The molecule has 0 spiro atoms. The molecule has 0 aromatic carbocycles. The van der Waals surface area contributed by atoms with E-state index < -0.39 is 11.8 Å². The molecule has 2 amide bonds. The van der Waals surface area contributed by atoms with Crippen molar-refractivity contribution in [2.75, 3.05) is 13.6 Å². The van der Waals surface area contributed by atoms with Crippen molar-refractivity contribution in [2.24, 2.45) is 5.92 Å². The van der Waals surface area contributed by atoms with Crippen LogP contribution in [-0.4, -0.2) is 25.4 Å². The Balaban J connectivity index is 3.88. The number of amides is 2. The molecule has 0 saturated heterocycles. The van der Waals surface area contributed by atoms with Gasteiger partial charge in [-0.05, 0) is 6.42 Å². The highest BCUT2D eigenvalue weighted by Gasteiger charge is 2.15. The summed E-state index contributed by atoms with van der Waals surface area (Å²) in [7, 11) is 1.48. The molecule has 0 rings (SSSR count). The lowest BCUT2D eigenvalue weighted by atomic mass is 10.1. The van der Waals surface area contributed by atoms with Gasteiger partial charge in [0.1, 0.15) is 5.92 Å². The van der Waals surface area contributed by atoms with Crippen LogP contribution in [0.3, 0.4) is 0 Å². The number of nitrogens with zero attached hydrogens (tertiary/aromatic N) is 1. The standard InChI is InChI=1S/C8H13N3O2/c1-3-6(4-9)8(13)11-5-7(12)10-2/h6H,3,5H2,1-2H3,(H,10,12)(H,11,13). The Morgan fingerprint density at radius 2 is 2.15 bits per heavy atom. The van der Waals surface area contributed by atoms with Gasteiger partial charge < -0.3 is 10.6 Å². The van der Waals surface area contributed by atoms with Crippen molar-refractivity contribution in [3.8, 4) is 6.07 Å². The zero-order valence-corrected chi connectivity index (χ0v) is 7.76. The second-order valence-electron chi connectivity index (χ2n) is 2.48. The topological polar surface area (TPSA) is 82.0 Å². The summed E-state index contributed by atoms with van der Waals surface area (Å²) in [5.74, 6) is -1.33. The molecule has 0 aliphatic heterocycles. The van der Waals surface area contributed by atoms with E-state index >= 15 is 0 Å². The molecular formula is C8H13N3O2. The molecule has 72 valence electrons. The summed E-state index contributed by atoms with van der Waals surface area (Å²) in [4.78, 5) is 21.8. The van der Waals surface area contributed by atoms with Crippen molar-refractivity contribution in [3.05, 3.63) is 0 Å². The Morgan fingerprint density at radius 1 is 1.54 bits per heavy atom.